The first-order valence-corrected chi connectivity index (χ1v) is 6.84. The molecule has 2 aromatic rings. The molecule has 0 aliphatic rings. The zero-order valence-electron chi connectivity index (χ0n) is 12.6. The third-order valence-corrected chi connectivity index (χ3v) is 3.71. The quantitative estimate of drug-likeness (QED) is 0.869. The lowest BCUT2D eigenvalue weighted by atomic mass is 9.85. The van der Waals surface area contributed by atoms with Crippen LogP contribution < -0.4 is 5.73 Å². The van der Waals surface area contributed by atoms with Gasteiger partial charge in [-0.1, -0.05) is 39.0 Å². The molecule has 0 radical (unpaired) electrons. The van der Waals surface area contributed by atoms with Gasteiger partial charge in [0.2, 0.25) is 0 Å². The molecule has 2 N–H and O–H groups in total. The molecule has 2 rings (SSSR count). The van der Waals surface area contributed by atoms with Crippen LogP contribution in [0.3, 0.4) is 0 Å². The predicted octanol–water partition coefficient (Wildman–Crippen LogP) is 3.85. The van der Waals surface area contributed by atoms with Crippen molar-refractivity contribution in [3.63, 3.8) is 0 Å². The number of nitrogens with two attached hydrogens (primary N) is 1. The largest absolute Gasteiger partial charge is 0.326 e. The predicted molar refractivity (Wildman–Crippen MR) is 81.8 cm³/mol. The fourth-order valence-electron chi connectivity index (χ4n) is 2.71. The Labute approximate surface area is 116 Å². The molecule has 0 spiro atoms. The summed E-state index contributed by atoms with van der Waals surface area (Å²) in [5, 5.41) is 0. The minimum atomic E-state index is 0.128. The molecule has 0 bridgehead atoms. The Morgan fingerprint density at radius 2 is 1.74 bits per heavy atom. The van der Waals surface area contributed by atoms with Gasteiger partial charge in [-0.25, -0.2) is 0 Å². The summed E-state index contributed by atoms with van der Waals surface area (Å²) < 4.78 is 2.32. The van der Waals surface area contributed by atoms with Gasteiger partial charge in [-0.2, -0.15) is 0 Å². The van der Waals surface area contributed by atoms with E-state index < -0.39 is 0 Å². The number of hydrogen-bond acceptors (Lipinski definition) is 1. The van der Waals surface area contributed by atoms with Crippen LogP contribution in [0.15, 0.2) is 30.3 Å². The van der Waals surface area contributed by atoms with Crippen molar-refractivity contribution in [1.82, 2.24) is 4.57 Å². The van der Waals surface area contributed by atoms with Gasteiger partial charge in [0, 0.05) is 23.6 Å². The molecule has 0 aliphatic carbocycles. The summed E-state index contributed by atoms with van der Waals surface area (Å²) in [5.41, 5.74) is 12.3. The number of nitrogens with zero attached hydrogens (tertiary/aromatic N) is 1. The van der Waals surface area contributed by atoms with Crippen molar-refractivity contribution in [2.24, 2.45) is 5.73 Å². The lowest BCUT2D eigenvalue weighted by molar-refractivity contribution is 0.585. The minimum absolute atomic E-state index is 0.128. The fraction of sp³-hybridized carbons (Fsp3) is 0.412. The number of rotatable bonds is 2. The summed E-state index contributed by atoms with van der Waals surface area (Å²) in [6, 6.07) is 10.8. The smallest absolute Gasteiger partial charge is 0.0492 e. The Bertz CT molecular complexity index is 586. The van der Waals surface area contributed by atoms with Crippen LogP contribution in [0.4, 0.5) is 0 Å². The number of para-hydroxylation sites is 1. The normalized spacial score (nSPS) is 11.9. The number of aromatic nitrogens is 1. The molecule has 1 aromatic heterocycles. The van der Waals surface area contributed by atoms with E-state index in [-0.39, 0.29) is 5.41 Å². The molecule has 0 unspecified atom stereocenters. The molecule has 0 amide bonds. The summed E-state index contributed by atoms with van der Waals surface area (Å²) in [6.07, 6.45) is 0. The zero-order valence-corrected chi connectivity index (χ0v) is 12.6. The third-order valence-electron chi connectivity index (χ3n) is 3.71. The third kappa shape index (κ3) is 2.45. The van der Waals surface area contributed by atoms with Gasteiger partial charge < -0.3 is 10.3 Å². The Hall–Kier alpha value is -1.54. The molecule has 0 saturated carbocycles. The van der Waals surface area contributed by atoms with E-state index in [2.05, 4.69) is 69.5 Å². The van der Waals surface area contributed by atoms with E-state index in [0.29, 0.717) is 6.54 Å². The summed E-state index contributed by atoms with van der Waals surface area (Å²) in [4.78, 5) is 0. The topological polar surface area (TPSA) is 30.9 Å². The average molecular weight is 256 g/mol. The number of aryl methyl sites for hydroxylation is 1. The maximum Gasteiger partial charge on any atom is 0.0492 e. The summed E-state index contributed by atoms with van der Waals surface area (Å²) in [7, 11) is 0. The van der Waals surface area contributed by atoms with Gasteiger partial charge in [0.25, 0.3) is 0 Å². The van der Waals surface area contributed by atoms with E-state index in [1.807, 2.05) is 0 Å². The van der Waals surface area contributed by atoms with Crippen LogP contribution in [0, 0.1) is 13.8 Å². The first-order chi connectivity index (χ1) is 8.86. The first-order valence-electron chi connectivity index (χ1n) is 6.84. The van der Waals surface area contributed by atoms with Crippen LogP contribution in [0.25, 0.3) is 5.69 Å². The Balaban J connectivity index is 2.70. The molecule has 1 heterocycles. The molecular weight excluding hydrogens is 232 g/mol. The second kappa shape index (κ2) is 4.86. The Morgan fingerprint density at radius 1 is 1.11 bits per heavy atom. The second-order valence-electron chi connectivity index (χ2n) is 6.20. The summed E-state index contributed by atoms with van der Waals surface area (Å²) in [6.45, 7) is 11.6. The van der Waals surface area contributed by atoms with Gasteiger partial charge in [-0.3, -0.25) is 0 Å². The maximum absolute atomic E-state index is 5.82. The van der Waals surface area contributed by atoms with Crippen molar-refractivity contribution in [2.45, 2.75) is 46.6 Å². The Kier molecular flexibility index (Phi) is 3.55. The lowest BCUT2D eigenvalue weighted by Gasteiger charge is -2.24. The number of hydrogen-bond donors (Lipinski definition) is 1. The van der Waals surface area contributed by atoms with Gasteiger partial charge in [-0.15, -0.1) is 0 Å². The van der Waals surface area contributed by atoms with Gasteiger partial charge in [0.05, 0.1) is 0 Å². The molecule has 19 heavy (non-hydrogen) atoms. The van der Waals surface area contributed by atoms with E-state index in [9.17, 15) is 0 Å². The molecule has 2 nitrogen and oxygen atoms in total. The van der Waals surface area contributed by atoms with Crippen molar-refractivity contribution >= 4 is 0 Å². The van der Waals surface area contributed by atoms with Gasteiger partial charge >= 0.3 is 0 Å². The SMILES string of the molecule is Cc1cc(CN)c(C)n1-c1ccccc1C(C)(C)C. The zero-order chi connectivity index (χ0) is 14.2. The molecular formula is C17H24N2. The monoisotopic (exact) mass is 256 g/mol. The number of benzene rings is 1. The van der Waals surface area contributed by atoms with Gasteiger partial charge in [-0.05, 0) is 42.5 Å². The van der Waals surface area contributed by atoms with Crippen LogP contribution in [-0.2, 0) is 12.0 Å². The molecule has 0 aliphatic heterocycles. The van der Waals surface area contributed by atoms with Gasteiger partial charge in [0.15, 0.2) is 0 Å². The second-order valence-corrected chi connectivity index (χ2v) is 6.20. The van der Waals surface area contributed by atoms with Crippen LogP contribution in [0.5, 0.6) is 0 Å². The highest BCUT2D eigenvalue weighted by Gasteiger charge is 2.20. The van der Waals surface area contributed by atoms with E-state index in [1.165, 1.54) is 28.2 Å². The van der Waals surface area contributed by atoms with E-state index >= 15 is 0 Å². The fourth-order valence-corrected chi connectivity index (χ4v) is 2.71. The van der Waals surface area contributed by atoms with E-state index in [4.69, 9.17) is 5.73 Å². The van der Waals surface area contributed by atoms with Crippen molar-refractivity contribution in [3.05, 3.63) is 52.8 Å². The van der Waals surface area contributed by atoms with Crippen molar-refractivity contribution in [1.29, 1.82) is 0 Å². The van der Waals surface area contributed by atoms with Crippen LogP contribution in [0.2, 0.25) is 0 Å². The average Bonchev–Trinajstić information content (AvgIpc) is 2.63. The van der Waals surface area contributed by atoms with Crippen LogP contribution >= 0.6 is 0 Å². The van der Waals surface area contributed by atoms with Gasteiger partial charge in [0.1, 0.15) is 0 Å². The highest BCUT2D eigenvalue weighted by atomic mass is 15.0. The van der Waals surface area contributed by atoms with E-state index in [0.717, 1.165) is 0 Å². The standard InChI is InChI=1S/C17H24N2/c1-12-10-14(11-18)13(2)19(12)16-9-7-6-8-15(16)17(3,4)5/h6-10H,11,18H2,1-5H3. The molecule has 0 atom stereocenters. The molecule has 0 fully saturated rings. The molecule has 102 valence electrons. The molecule has 2 heteroatoms. The summed E-state index contributed by atoms with van der Waals surface area (Å²) in [5.74, 6) is 0. The van der Waals surface area contributed by atoms with E-state index in [1.54, 1.807) is 0 Å². The lowest BCUT2D eigenvalue weighted by Crippen LogP contribution is -2.16. The highest BCUT2D eigenvalue weighted by molar-refractivity contribution is 5.49. The van der Waals surface area contributed by atoms with Crippen LogP contribution in [0.1, 0.15) is 43.3 Å². The van der Waals surface area contributed by atoms with Crippen molar-refractivity contribution in [2.75, 3.05) is 0 Å². The maximum atomic E-state index is 5.82. The first kappa shape index (κ1) is 13.9. The van der Waals surface area contributed by atoms with Crippen molar-refractivity contribution < 1.29 is 0 Å². The Morgan fingerprint density at radius 3 is 2.26 bits per heavy atom. The van der Waals surface area contributed by atoms with Crippen LogP contribution in [-0.4, -0.2) is 4.57 Å². The molecule has 1 aromatic carbocycles. The molecule has 0 saturated heterocycles. The minimum Gasteiger partial charge on any atom is -0.326 e. The summed E-state index contributed by atoms with van der Waals surface area (Å²) >= 11 is 0. The van der Waals surface area contributed by atoms with Crippen molar-refractivity contribution in [3.8, 4) is 5.69 Å². The highest BCUT2D eigenvalue weighted by Crippen LogP contribution is 2.31.